The highest BCUT2D eigenvalue weighted by molar-refractivity contribution is 5.96. The highest BCUT2D eigenvalue weighted by atomic mass is 19.2. The number of carbonyl (C=O) groups excluding carboxylic acids is 1. The molecule has 1 N–H and O–H groups in total. The Hall–Kier alpha value is -2.63. The molecule has 0 bridgehead atoms. The fourth-order valence-corrected chi connectivity index (χ4v) is 2.88. The van der Waals surface area contributed by atoms with Gasteiger partial charge in [-0.25, -0.2) is 8.78 Å². The summed E-state index contributed by atoms with van der Waals surface area (Å²) in [6, 6.07) is 7.18. The van der Waals surface area contributed by atoms with Gasteiger partial charge in [0.25, 0.3) is 0 Å². The van der Waals surface area contributed by atoms with Gasteiger partial charge in [-0.05, 0) is 29.3 Å². The molecule has 0 radical (unpaired) electrons. The molecule has 0 aliphatic carbocycles. The fourth-order valence-electron chi connectivity index (χ4n) is 2.88. The van der Waals surface area contributed by atoms with Gasteiger partial charge >= 0.3 is 0 Å². The fraction of sp³-hybridized carbons (Fsp3) is 0.188. The van der Waals surface area contributed by atoms with Gasteiger partial charge in [0.2, 0.25) is 12.7 Å². The number of benzene rings is 2. The van der Waals surface area contributed by atoms with Crippen LogP contribution in [0.5, 0.6) is 11.5 Å². The summed E-state index contributed by atoms with van der Waals surface area (Å²) in [6.07, 6.45) is 0.164. The van der Waals surface area contributed by atoms with Crippen LogP contribution in [0.3, 0.4) is 0 Å². The van der Waals surface area contributed by atoms with Crippen molar-refractivity contribution in [1.29, 1.82) is 0 Å². The Balaban J connectivity index is 1.84. The summed E-state index contributed by atoms with van der Waals surface area (Å²) >= 11 is 0. The monoisotopic (exact) mass is 303 g/mol. The summed E-state index contributed by atoms with van der Waals surface area (Å²) < 4.78 is 37.3. The van der Waals surface area contributed by atoms with Gasteiger partial charge in [-0.2, -0.15) is 0 Å². The first-order valence-corrected chi connectivity index (χ1v) is 6.80. The molecule has 0 unspecified atom stereocenters. The van der Waals surface area contributed by atoms with Gasteiger partial charge in [-0.15, -0.1) is 0 Å². The van der Waals surface area contributed by atoms with Gasteiger partial charge in [0.05, 0.1) is 0 Å². The molecular weight excluding hydrogens is 292 g/mol. The van der Waals surface area contributed by atoms with E-state index in [0.29, 0.717) is 22.7 Å². The lowest BCUT2D eigenvalue weighted by Gasteiger charge is -2.26. The first kappa shape index (κ1) is 13.1. The van der Waals surface area contributed by atoms with Gasteiger partial charge in [-0.1, -0.05) is 6.07 Å². The van der Waals surface area contributed by atoms with Crippen LogP contribution in [0.1, 0.15) is 23.5 Å². The lowest BCUT2D eigenvalue weighted by atomic mass is 9.84. The number of anilines is 1. The predicted molar refractivity (Wildman–Crippen MR) is 74.0 cm³/mol. The number of hydrogen-bond acceptors (Lipinski definition) is 3. The van der Waals surface area contributed by atoms with Gasteiger partial charge in [0.15, 0.2) is 23.1 Å². The summed E-state index contributed by atoms with van der Waals surface area (Å²) in [5, 5.41) is 2.77. The molecule has 2 heterocycles. The molecule has 4 nitrogen and oxygen atoms in total. The third-order valence-corrected chi connectivity index (χ3v) is 3.93. The number of fused-ring (bicyclic) bond motifs is 2. The molecule has 2 aromatic carbocycles. The molecule has 0 aromatic heterocycles. The highest BCUT2D eigenvalue weighted by Gasteiger charge is 2.30. The number of hydrogen-bond donors (Lipinski definition) is 1. The average molecular weight is 303 g/mol. The zero-order chi connectivity index (χ0) is 15.3. The topological polar surface area (TPSA) is 47.6 Å². The van der Waals surface area contributed by atoms with Crippen LogP contribution < -0.4 is 14.8 Å². The van der Waals surface area contributed by atoms with Crippen LogP contribution >= 0.6 is 0 Å². The van der Waals surface area contributed by atoms with Crippen molar-refractivity contribution >= 4 is 11.6 Å². The SMILES string of the molecule is O=C1C[C@@H](c2ccc(F)c(F)c2)c2cc3c(cc2N1)OCO3. The van der Waals surface area contributed by atoms with Crippen LogP contribution in [-0.4, -0.2) is 12.7 Å². The second-order valence-corrected chi connectivity index (χ2v) is 5.27. The van der Waals surface area contributed by atoms with Gasteiger partial charge in [0, 0.05) is 24.1 Å². The van der Waals surface area contributed by atoms with Crippen LogP contribution in [0.15, 0.2) is 30.3 Å². The smallest absolute Gasteiger partial charge is 0.231 e. The van der Waals surface area contributed by atoms with Crippen molar-refractivity contribution in [3.63, 3.8) is 0 Å². The van der Waals surface area contributed by atoms with Crippen molar-refractivity contribution < 1.29 is 23.0 Å². The predicted octanol–water partition coefficient (Wildman–Crippen LogP) is 3.17. The van der Waals surface area contributed by atoms with Crippen molar-refractivity contribution in [3.05, 3.63) is 53.1 Å². The Morgan fingerprint density at radius 1 is 1.05 bits per heavy atom. The van der Waals surface area contributed by atoms with Crippen molar-refractivity contribution in [2.45, 2.75) is 12.3 Å². The molecule has 4 rings (SSSR count). The lowest BCUT2D eigenvalue weighted by molar-refractivity contribution is -0.116. The number of amides is 1. The molecule has 0 saturated heterocycles. The minimum Gasteiger partial charge on any atom is -0.454 e. The number of ether oxygens (including phenoxy) is 2. The van der Waals surface area contributed by atoms with E-state index in [-0.39, 0.29) is 25.0 Å². The summed E-state index contributed by atoms with van der Waals surface area (Å²) in [7, 11) is 0. The lowest BCUT2D eigenvalue weighted by Crippen LogP contribution is -2.23. The van der Waals surface area contributed by atoms with Crippen LogP contribution in [-0.2, 0) is 4.79 Å². The number of halogens is 2. The van der Waals surface area contributed by atoms with Gasteiger partial charge in [0.1, 0.15) is 0 Å². The van der Waals surface area contributed by atoms with E-state index in [1.165, 1.54) is 6.07 Å². The zero-order valence-corrected chi connectivity index (χ0v) is 11.4. The van der Waals surface area contributed by atoms with Gasteiger partial charge < -0.3 is 14.8 Å². The van der Waals surface area contributed by atoms with E-state index in [2.05, 4.69) is 5.32 Å². The Labute approximate surface area is 124 Å². The van der Waals surface area contributed by atoms with E-state index in [4.69, 9.17) is 9.47 Å². The number of carbonyl (C=O) groups is 1. The van der Waals surface area contributed by atoms with Crippen LogP contribution in [0, 0.1) is 11.6 Å². The van der Waals surface area contributed by atoms with Crippen molar-refractivity contribution in [2.75, 3.05) is 12.1 Å². The molecule has 0 saturated carbocycles. The third-order valence-electron chi connectivity index (χ3n) is 3.93. The molecular formula is C16H11F2NO3. The summed E-state index contributed by atoms with van der Waals surface area (Å²) in [6.45, 7) is 0.127. The Bertz CT molecular complexity index is 791. The van der Waals surface area contributed by atoms with Crippen LogP contribution in [0.25, 0.3) is 0 Å². The molecule has 0 fully saturated rings. The zero-order valence-electron chi connectivity index (χ0n) is 11.4. The largest absolute Gasteiger partial charge is 0.454 e. The third kappa shape index (κ3) is 1.99. The van der Waals surface area contributed by atoms with E-state index >= 15 is 0 Å². The van der Waals surface area contributed by atoms with Crippen LogP contribution in [0.2, 0.25) is 0 Å². The highest BCUT2D eigenvalue weighted by Crippen LogP contribution is 2.44. The van der Waals surface area contributed by atoms with E-state index in [1.54, 1.807) is 12.1 Å². The second kappa shape index (κ2) is 4.69. The molecule has 1 atom stereocenters. The Morgan fingerprint density at radius 3 is 2.59 bits per heavy atom. The van der Waals surface area contributed by atoms with E-state index < -0.39 is 11.6 Å². The average Bonchev–Trinajstić information content (AvgIpc) is 2.94. The van der Waals surface area contributed by atoms with Gasteiger partial charge in [-0.3, -0.25) is 4.79 Å². The molecule has 2 aliphatic heterocycles. The number of nitrogens with one attached hydrogen (secondary N) is 1. The first-order chi connectivity index (χ1) is 10.6. The summed E-state index contributed by atoms with van der Waals surface area (Å²) in [5.41, 5.74) is 1.96. The summed E-state index contributed by atoms with van der Waals surface area (Å²) in [5.74, 6) is -1.22. The van der Waals surface area contributed by atoms with Crippen LogP contribution in [0.4, 0.5) is 14.5 Å². The maximum Gasteiger partial charge on any atom is 0.231 e. The minimum atomic E-state index is -0.925. The normalized spacial score (nSPS) is 18.8. The first-order valence-electron chi connectivity index (χ1n) is 6.80. The molecule has 112 valence electrons. The van der Waals surface area contributed by atoms with Crippen molar-refractivity contribution in [2.24, 2.45) is 0 Å². The second-order valence-electron chi connectivity index (χ2n) is 5.27. The molecule has 1 amide bonds. The Kier molecular flexibility index (Phi) is 2.79. The molecule has 2 aromatic rings. The number of rotatable bonds is 1. The molecule has 22 heavy (non-hydrogen) atoms. The molecule has 6 heteroatoms. The van der Waals surface area contributed by atoms with E-state index in [9.17, 15) is 13.6 Å². The maximum atomic E-state index is 13.5. The van der Waals surface area contributed by atoms with Crippen molar-refractivity contribution in [3.8, 4) is 11.5 Å². The Morgan fingerprint density at radius 2 is 1.82 bits per heavy atom. The molecule has 0 spiro atoms. The van der Waals surface area contributed by atoms with Crippen molar-refractivity contribution in [1.82, 2.24) is 0 Å². The standard InChI is InChI=1S/C16H11F2NO3/c17-11-2-1-8(3-12(11)18)9-5-16(20)19-13-6-15-14(4-10(9)13)21-7-22-15/h1-4,6,9H,5,7H2,(H,19,20)/t9-/m0/s1. The minimum absolute atomic E-state index is 0.127. The summed E-state index contributed by atoms with van der Waals surface area (Å²) in [4.78, 5) is 11.9. The van der Waals surface area contributed by atoms with E-state index in [0.717, 1.165) is 17.7 Å². The molecule has 2 aliphatic rings. The quantitative estimate of drug-likeness (QED) is 0.880. The maximum absolute atomic E-state index is 13.5. The van der Waals surface area contributed by atoms with E-state index in [1.807, 2.05) is 0 Å².